The van der Waals surface area contributed by atoms with Gasteiger partial charge in [0.25, 0.3) is 0 Å². The fraction of sp³-hybridized carbons (Fsp3) is 0.350. The quantitative estimate of drug-likeness (QED) is 0.762. The summed E-state index contributed by atoms with van der Waals surface area (Å²) in [6.07, 6.45) is 2.90. The van der Waals surface area contributed by atoms with Crippen LogP contribution in [0, 0.1) is 11.8 Å². The topological polar surface area (TPSA) is 46.5 Å². The molecule has 0 unspecified atom stereocenters. The van der Waals surface area contributed by atoms with Crippen LogP contribution in [0.15, 0.2) is 42.5 Å². The molecule has 0 spiro atoms. The van der Waals surface area contributed by atoms with Crippen LogP contribution in [0.25, 0.3) is 11.1 Å². The van der Waals surface area contributed by atoms with Gasteiger partial charge in [-0.2, -0.15) is 0 Å². The van der Waals surface area contributed by atoms with Gasteiger partial charge in [0.05, 0.1) is 12.5 Å². The minimum atomic E-state index is -0.0470. The molecule has 0 radical (unpaired) electrons. The zero-order valence-electron chi connectivity index (χ0n) is 13.7. The molecule has 1 fully saturated rings. The zero-order chi connectivity index (χ0) is 17.1. The molecule has 3 nitrogen and oxygen atoms in total. The third-order valence-electron chi connectivity index (χ3n) is 4.54. The first kappa shape index (κ1) is 16.8. The Balaban J connectivity index is 1.58. The molecule has 0 saturated heterocycles. The second kappa shape index (κ2) is 7.27. The molecule has 2 atom stereocenters. The predicted molar refractivity (Wildman–Crippen MR) is 95.1 cm³/mol. The van der Waals surface area contributed by atoms with Gasteiger partial charge in [0.15, 0.2) is 0 Å². The van der Waals surface area contributed by atoms with Crippen molar-refractivity contribution in [3.05, 3.63) is 53.1 Å². The fourth-order valence-electron chi connectivity index (χ4n) is 3.05. The summed E-state index contributed by atoms with van der Waals surface area (Å²) >= 11 is 6.00. The van der Waals surface area contributed by atoms with Crippen molar-refractivity contribution < 1.29 is 14.6 Å². The number of aromatic hydroxyl groups is 1. The SMILES string of the molecule is CCOC(=O)[C@@H]1C[C@H]1CCc1ccc(-c2cc(Cl)ccc2O)cc1. The van der Waals surface area contributed by atoms with E-state index >= 15 is 0 Å². The first-order valence-corrected chi connectivity index (χ1v) is 8.70. The van der Waals surface area contributed by atoms with Gasteiger partial charge in [-0.05, 0) is 61.4 Å². The number of carbonyl (C=O) groups is 1. The van der Waals surface area contributed by atoms with Crippen molar-refractivity contribution in [2.45, 2.75) is 26.2 Å². The highest BCUT2D eigenvalue weighted by molar-refractivity contribution is 6.31. The minimum Gasteiger partial charge on any atom is -0.507 e. The molecule has 126 valence electrons. The molecule has 0 aromatic heterocycles. The predicted octanol–water partition coefficient (Wildman–Crippen LogP) is 4.84. The summed E-state index contributed by atoms with van der Waals surface area (Å²) in [5, 5.41) is 10.6. The molecule has 1 saturated carbocycles. The summed E-state index contributed by atoms with van der Waals surface area (Å²) in [5.74, 6) is 0.741. The summed E-state index contributed by atoms with van der Waals surface area (Å²) < 4.78 is 5.06. The van der Waals surface area contributed by atoms with Gasteiger partial charge in [-0.25, -0.2) is 0 Å². The first-order valence-electron chi connectivity index (χ1n) is 8.33. The Morgan fingerprint density at radius 3 is 2.71 bits per heavy atom. The fourth-order valence-corrected chi connectivity index (χ4v) is 3.22. The number of phenolic OH excluding ortho intramolecular Hbond substituents is 1. The van der Waals surface area contributed by atoms with Crippen LogP contribution in [-0.2, 0) is 16.0 Å². The van der Waals surface area contributed by atoms with Gasteiger partial charge in [-0.1, -0.05) is 35.9 Å². The second-order valence-electron chi connectivity index (χ2n) is 6.25. The lowest BCUT2D eigenvalue weighted by Gasteiger charge is -2.07. The Morgan fingerprint density at radius 2 is 2.00 bits per heavy atom. The van der Waals surface area contributed by atoms with Gasteiger partial charge in [-0.15, -0.1) is 0 Å². The van der Waals surface area contributed by atoms with Crippen LogP contribution >= 0.6 is 11.6 Å². The number of benzene rings is 2. The largest absolute Gasteiger partial charge is 0.507 e. The van der Waals surface area contributed by atoms with Crippen molar-refractivity contribution in [3.8, 4) is 16.9 Å². The van der Waals surface area contributed by atoms with Crippen LogP contribution in [-0.4, -0.2) is 17.7 Å². The van der Waals surface area contributed by atoms with E-state index in [1.165, 1.54) is 5.56 Å². The Morgan fingerprint density at radius 1 is 1.25 bits per heavy atom. The number of hydrogen-bond donors (Lipinski definition) is 1. The Bertz CT molecular complexity index is 724. The number of phenols is 1. The number of carbonyl (C=O) groups excluding carboxylic acids is 1. The number of aryl methyl sites for hydroxylation is 1. The van der Waals surface area contributed by atoms with E-state index in [1.54, 1.807) is 18.2 Å². The molecular weight excluding hydrogens is 324 g/mol. The van der Waals surface area contributed by atoms with Crippen LogP contribution in [0.3, 0.4) is 0 Å². The van der Waals surface area contributed by atoms with Crippen LogP contribution < -0.4 is 0 Å². The highest BCUT2D eigenvalue weighted by atomic mass is 35.5. The summed E-state index contributed by atoms with van der Waals surface area (Å²) in [5.41, 5.74) is 2.91. The number of halogens is 1. The van der Waals surface area contributed by atoms with Gasteiger partial charge in [0.2, 0.25) is 0 Å². The van der Waals surface area contributed by atoms with Gasteiger partial charge >= 0.3 is 5.97 Å². The van der Waals surface area contributed by atoms with Gasteiger partial charge in [0, 0.05) is 10.6 Å². The lowest BCUT2D eigenvalue weighted by Crippen LogP contribution is -2.07. The molecule has 0 aliphatic heterocycles. The molecule has 1 aliphatic rings. The monoisotopic (exact) mass is 344 g/mol. The van der Waals surface area contributed by atoms with Crippen molar-refractivity contribution in [2.24, 2.45) is 11.8 Å². The average molecular weight is 345 g/mol. The molecule has 1 N–H and O–H groups in total. The molecule has 24 heavy (non-hydrogen) atoms. The van der Waals surface area contributed by atoms with Crippen LogP contribution in [0.1, 0.15) is 25.3 Å². The Hall–Kier alpha value is -2.00. The molecule has 3 rings (SSSR count). The Kier molecular flexibility index (Phi) is 5.10. The molecule has 0 amide bonds. The van der Waals surface area contributed by atoms with E-state index in [9.17, 15) is 9.90 Å². The summed E-state index contributed by atoms with van der Waals surface area (Å²) in [7, 11) is 0. The van der Waals surface area contributed by atoms with Crippen molar-refractivity contribution >= 4 is 17.6 Å². The van der Waals surface area contributed by atoms with E-state index in [2.05, 4.69) is 12.1 Å². The van der Waals surface area contributed by atoms with E-state index in [0.717, 1.165) is 30.4 Å². The lowest BCUT2D eigenvalue weighted by atomic mass is 10.0. The first-order chi connectivity index (χ1) is 11.6. The minimum absolute atomic E-state index is 0.0470. The Labute approximate surface area is 147 Å². The van der Waals surface area contributed by atoms with Crippen molar-refractivity contribution in [3.63, 3.8) is 0 Å². The molecule has 2 aromatic carbocycles. The molecule has 0 heterocycles. The molecule has 4 heteroatoms. The number of hydrogen-bond acceptors (Lipinski definition) is 3. The maximum absolute atomic E-state index is 11.6. The van der Waals surface area contributed by atoms with Crippen LogP contribution in [0.2, 0.25) is 5.02 Å². The summed E-state index contributed by atoms with van der Waals surface area (Å²) in [6.45, 7) is 2.30. The maximum atomic E-state index is 11.6. The summed E-state index contributed by atoms with van der Waals surface area (Å²) in [6, 6.07) is 13.2. The molecular formula is C20H21ClO3. The van der Waals surface area contributed by atoms with E-state index in [0.29, 0.717) is 17.5 Å². The van der Waals surface area contributed by atoms with E-state index in [4.69, 9.17) is 16.3 Å². The van der Waals surface area contributed by atoms with Crippen molar-refractivity contribution in [1.82, 2.24) is 0 Å². The zero-order valence-corrected chi connectivity index (χ0v) is 14.4. The lowest BCUT2D eigenvalue weighted by molar-refractivity contribution is -0.145. The third-order valence-corrected chi connectivity index (χ3v) is 4.77. The maximum Gasteiger partial charge on any atom is 0.309 e. The average Bonchev–Trinajstić information content (AvgIpc) is 3.36. The van der Waals surface area contributed by atoms with Crippen molar-refractivity contribution in [1.29, 1.82) is 0 Å². The van der Waals surface area contributed by atoms with Gasteiger partial charge in [-0.3, -0.25) is 4.79 Å². The summed E-state index contributed by atoms with van der Waals surface area (Å²) in [4.78, 5) is 11.6. The van der Waals surface area contributed by atoms with Gasteiger partial charge in [0.1, 0.15) is 5.75 Å². The smallest absolute Gasteiger partial charge is 0.309 e. The highest BCUT2D eigenvalue weighted by Gasteiger charge is 2.43. The molecule has 2 aromatic rings. The standard InChI is InChI=1S/C20H21ClO3/c1-2-24-20(23)18-11-15(18)8-5-13-3-6-14(7-4-13)17-12-16(21)9-10-19(17)22/h3-4,6-7,9-10,12,15,18,22H,2,5,8,11H2,1H3/t15-,18-/m1/s1. The number of esters is 1. The third kappa shape index (κ3) is 3.90. The van der Waals surface area contributed by atoms with E-state index in [-0.39, 0.29) is 17.6 Å². The van der Waals surface area contributed by atoms with Crippen LogP contribution in [0.5, 0.6) is 5.75 Å². The van der Waals surface area contributed by atoms with Crippen LogP contribution in [0.4, 0.5) is 0 Å². The normalized spacial score (nSPS) is 19.1. The molecule has 0 bridgehead atoms. The van der Waals surface area contributed by atoms with Gasteiger partial charge < -0.3 is 9.84 Å². The number of rotatable bonds is 6. The molecule has 1 aliphatic carbocycles. The van der Waals surface area contributed by atoms with E-state index in [1.807, 2.05) is 19.1 Å². The number of ether oxygens (including phenoxy) is 1. The van der Waals surface area contributed by atoms with E-state index < -0.39 is 0 Å². The van der Waals surface area contributed by atoms with Crippen molar-refractivity contribution in [2.75, 3.05) is 6.61 Å². The second-order valence-corrected chi connectivity index (χ2v) is 6.69. The highest BCUT2D eigenvalue weighted by Crippen LogP contribution is 2.43.